The van der Waals surface area contributed by atoms with Crippen LogP contribution in [0.5, 0.6) is 0 Å². The van der Waals surface area contributed by atoms with E-state index in [4.69, 9.17) is 0 Å². The van der Waals surface area contributed by atoms with Gasteiger partial charge in [-0.15, -0.1) is 0 Å². The zero-order chi connectivity index (χ0) is 33.6. The molecule has 0 spiro atoms. The van der Waals surface area contributed by atoms with Gasteiger partial charge in [0.2, 0.25) is 0 Å². The Balaban J connectivity index is 0.000000643. The predicted molar refractivity (Wildman–Crippen MR) is 194 cm³/mol. The predicted octanol–water partition coefficient (Wildman–Crippen LogP) is 13.0. The first kappa shape index (κ1) is 48.8. The van der Waals surface area contributed by atoms with E-state index in [1.54, 1.807) is 11.3 Å². The van der Waals surface area contributed by atoms with Crippen LogP contribution in [-0.2, 0) is 36.5 Å². The van der Waals surface area contributed by atoms with E-state index in [9.17, 15) is 17.3 Å². The molecule has 0 amide bonds. The van der Waals surface area contributed by atoms with Gasteiger partial charge in [-0.05, 0) is 175 Å². The average molecular weight is 824 g/mol. The first-order valence-electron chi connectivity index (χ1n) is 17.4. The van der Waals surface area contributed by atoms with Crippen LogP contribution in [0.3, 0.4) is 0 Å². The third-order valence-corrected chi connectivity index (χ3v) is 17.3. The van der Waals surface area contributed by atoms with E-state index in [0.717, 1.165) is 46.3 Å². The summed E-state index contributed by atoms with van der Waals surface area (Å²) in [6, 6.07) is 0. The topological polar surface area (TPSA) is 0 Å². The number of halogens is 4. The largest absolute Gasteiger partial charge is 2.00 e. The Morgan fingerprint density at radius 1 is 0.489 bits per heavy atom. The molecule has 15 radical (unpaired) electrons. The van der Waals surface area contributed by atoms with E-state index < -0.39 is 7.25 Å². The molecule has 4 atom stereocenters. The van der Waals surface area contributed by atoms with E-state index in [0.29, 0.717) is 0 Å². The second-order valence-electron chi connectivity index (χ2n) is 14.1. The van der Waals surface area contributed by atoms with Gasteiger partial charge in [0.25, 0.3) is 0 Å². The Bertz CT molecular complexity index is 650. The number of hydrogen-bond donors (Lipinski definition) is 0. The molecule has 2 saturated heterocycles. The molecule has 5 rings (SSSR count). The van der Waals surface area contributed by atoms with Crippen LogP contribution < -0.4 is 0 Å². The van der Waals surface area contributed by atoms with Crippen LogP contribution in [0.1, 0.15) is 107 Å². The van der Waals surface area contributed by atoms with Crippen molar-refractivity contribution in [2.75, 3.05) is 0 Å². The molecule has 0 aromatic carbocycles. The fourth-order valence-corrected chi connectivity index (χ4v) is 14.9. The second kappa shape index (κ2) is 25.7. The van der Waals surface area contributed by atoms with Gasteiger partial charge >= 0.3 is 24.3 Å². The van der Waals surface area contributed by atoms with E-state index >= 15 is 0 Å². The summed E-state index contributed by atoms with van der Waals surface area (Å²) >= 11 is 0. The summed E-state index contributed by atoms with van der Waals surface area (Å²) in [5.41, 5.74) is 7.17. The maximum Gasteiger partial charge on any atom is 2.00 e. The third kappa shape index (κ3) is 18.4. The minimum atomic E-state index is -6.00. The van der Waals surface area contributed by atoms with E-state index in [-0.39, 0.29) is 52.4 Å². The van der Waals surface area contributed by atoms with Crippen LogP contribution in [0.2, 0.25) is 0 Å². The van der Waals surface area contributed by atoms with Crippen LogP contribution in [0, 0.1) is 112 Å². The minimum Gasteiger partial charge on any atom is -0.418 e. The monoisotopic (exact) mass is 824 g/mol. The van der Waals surface area contributed by atoms with Crippen LogP contribution in [0.25, 0.3) is 0 Å². The molecule has 2 heterocycles. The smallest absolute Gasteiger partial charge is 0.418 e. The van der Waals surface area contributed by atoms with Crippen LogP contribution in [0.15, 0.2) is 0 Å². The summed E-state index contributed by atoms with van der Waals surface area (Å²) in [7, 11) is -5.82. The molecule has 0 aromatic rings. The zero-order valence-corrected chi connectivity index (χ0v) is 34.4. The molecular weight excluding hydrogens is 764 g/mol. The minimum absolute atomic E-state index is 0. The van der Waals surface area contributed by atoms with Crippen LogP contribution in [-0.4, -0.2) is 29.9 Å². The quantitative estimate of drug-likeness (QED) is 0.142. The Labute approximate surface area is 316 Å². The Morgan fingerprint density at radius 3 is 0.851 bits per heavy atom. The standard InChI is InChI=1S/2C15H24P.C8H12.BF4.Fe.Rh/c2*1-11(2)14-9-10-15(12(3)4)16(14)13-7-5-6-8-13;1-2-4-6-8-7-5-3-1;2-1(3,4)5;;/h2*5-8,11-12,14-15H,9-10H2,1-4H3;1-2,7-8H,3-6H2;;;/q;;;-1;+2;/t2*14-,15-;;;;/m00..../s1. The van der Waals surface area contributed by atoms with Gasteiger partial charge in [-0.25, -0.2) is 0 Å². The van der Waals surface area contributed by atoms with E-state index in [2.05, 4.69) is 132 Å². The summed E-state index contributed by atoms with van der Waals surface area (Å²) in [6.45, 7) is 19.3. The fourth-order valence-electron chi connectivity index (χ4n) is 7.04. The summed E-state index contributed by atoms with van der Waals surface area (Å²) in [6.07, 6.45) is 38.1. The third-order valence-electron chi connectivity index (χ3n) is 9.24. The number of hydrogen-bond acceptors (Lipinski definition) is 0. The van der Waals surface area contributed by atoms with E-state index in [1.165, 1.54) is 51.4 Å². The summed E-state index contributed by atoms with van der Waals surface area (Å²) < 4.78 is 39.0. The molecule has 47 heavy (non-hydrogen) atoms. The molecular formula is C38H60BF4FeP2Rh+. The zero-order valence-electron chi connectivity index (χ0n) is 29.9. The van der Waals surface area contributed by atoms with Crippen molar-refractivity contribution in [2.24, 2.45) is 23.7 Å². The molecule has 2 aliphatic heterocycles. The molecule has 0 nitrogen and oxygen atoms in total. The van der Waals surface area contributed by atoms with Crippen molar-refractivity contribution in [2.45, 2.75) is 129 Å². The van der Waals surface area contributed by atoms with Gasteiger partial charge in [0.05, 0.1) is 0 Å². The van der Waals surface area contributed by atoms with Gasteiger partial charge < -0.3 is 17.3 Å². The summed E-state index contributed by atoms with van der Waals surface area (Å²) in [4.78, 5) is 0. The molecule has 5 fully saturated rings. The van der Waals surface area contributed by atoms with Gasteiger partial charge in [0, 0.05) is 30.8 Å². The maximum atomic E-state index is 9.75. The Hall–Kier alpha value is 1.79. The maximum absolute atomic E-state index is 9.75. The molecule has 0 bridgehead atoms. The first-order chi connectivity index (χ1) is 21.2. The molecule has 3 saturated carbocycles. The molecule has 9 heteroatoms. The van der Waals surface area contributed by atoms with E-state index in [1.807, 2.05) is 0 Å². The molecule has 3 aliphatic carbocycles. The molecule has 0 unspecified atom stereocenters. The van der Waals surface area contributed by atoms with Crippen molar-refractivity contribution in [1.29, 1.82) is 0 Å². The van der Waals surface area contributed by atoms with Crippen LogP contribution >= 0.6 is 15.8 Å². The molecule has 0 N–H and O–H groups in total. The fraction of sp³-hybridized carbons (Fsp3) is 0.632. The first-order valence-corrected chi connectivity index (χ1v) is 20.4. The molecule has 269 valence electrons. The second-order valence-corrected chi connectivity index (χ2v) is 19.4. The Kier molecular flexibility index (Phi) is 26.7. The SMILES string of the molecule is CC(C)[C@@H]1CC[C@@H](C(C)C)P1[C]1[CH][CH][CH][CH]1.CC(C)[C@@H]1CC[C@@H](C(C)C)P1[C]1[CH][CH][CH][CH]1.F[B-](F)(F)F.[CH]1[CH]CC[CH][CH]CC1.[Fe+2].[Rh]. The van der Waals surface area contributed by atoms with Gasteiger partial charge in [-0.1, -0.05) is 71.2 Å². The summed E-state index contributed by atoms with van der Waals surface area (Å²) in [5.74, 6) is 3.41. The molecule has 5 aliphatic rings. The van der Waals surface area contributed by atoms with Crippen molar-refractivity contribution >= 4 is 23.1 Å². The molecule has 0 aromatic heterocycles. The van der Waals surface area contributed by atoms with Gasteiger partial charge in [-0.2, -0.15) is 0 Å². The average Bonchev–Trinajstić information content (AvgIpc) is 3.73. The van der Waals surface area contributed by atoms with Crippen molar-refractivity contribution in [3.8, 4) is 0 Å². The van der Waals surface area contributed by atoms with Crippen molar-refractivity contribution in [3.63, 3.8) is 0 Å². The Morgan fingerprint density at radius 2 is 0.681 bits per heavy atom. The van der Waals surface area contributed by atoms with Gasteiger partial charge in [0.15, 0.2) is 0 Å². The van der Waals surface area contributed by atoms with Crippen molar-refractivity contribution < 1.29 is 53.8 Å². The summed E-state index contributed by atoms with van der Waals surface area (Å²) in [5, 5.41) is 0. The van der Waals surface area contributed by atoms with Gasteiger partial charge in [0.1, 0.15) is 0 Å². The van der Waals surface area contributed by atoms with Crippen molar-refractivity contribution in [1.82, 2.24) is 0 Å². The van der Waals surface area contributed by atoms with Gasteiger partial charge in [-0.3, -0.25) is 0 Å². The van der Waals surface area contributed by atoms with Crippen LogP contribution in [0.4, 0.5) is 17.3 Å². The number of rotatable bonds is 6. The van der Waals surface area contributed by atoms with Crippen molar-refractivity contribution in [3.05, 3.63) is 88.4 Å². The normalized spacial score (nSPS) is 28.1.